The van der Waals surface area contributed by atoms with Crippen molar-refractivity contribution in [1.82, 2.24) is 19.7 Å². The molecule has 0 radical (unpaired) electrons. The standard InChI is InChI=1S/C19H21N5O4/c1-5-28-19-20-10-12(11-21-19)22-18(25)16-9-15(23-24(16)2)14-8-13(26-3)6-7-17(14)27-4/h6-11H,5H2,1-4H3,(H,22,25). The normalized spacial score (nSPS) is 10.4. The van der Waals surface area contributed by atoms with E-state index in [2.05, 4.69) is 20.4 Å². The van der Waals surface area contributed by atoms with Gasteiger partial charge in [0.05, 0.1) is 44.6 Å². The first-order valence-corrected chi connectivity index (χ1v) is 8.58. The lowest BCUT2D eigenvalue weighted by molar-refractivity contribution is 0.101. The fourth-order valence-electron chi connectivity index (χ4n) is 2.61. The van der Waals surface area contributed by atoms with Crippen molar-refractivity contribution in [2.75, 3.05) is 26.1 Å². The number of aromatic nitrogens is 4. The van der Waals surface area contributed by atoms with Gasteiger partial charge in [-0.25, -0.2) is 9.97 Å². The van der Waals surface area contributed by atoms with Crippen molar-refractivity contribution in [1.29, 1.82) is 0 Å². The van der Waals surface area contributed by atoms with Crippen molar-refractivity contribution in [2.24, 2.45) is 7.05 Å². The lowest BCUT2D eigenvalue weighted by Gasteiger charge is -2.08. The second-order valence-corrected chi connectivity index (χ2v) is 5.75. The lowest BCUT2D eigenvalue weighted by atomic mass is 10.1. The summed E-state index contributed by atoms with van der Waals surface area (Å²) in [6, 6.07) is 7.34. The van der Waals surface area contributed by atoms with E-state index < -0.39 is 0 Å². The number of ether oxygens (including phenoxy) is 3. The van der Waals surface area contributed by atoms with Gasteiger partial charge in [-0.2, -0.15) is 5.10 Å². The van der Waals surface area contributed by atoms with E-state index in [1.807, 2.05) is 13.0 Å². The molecule has 146 valence electrons. The Balaban J connectivity index is 1.85. The number of anilines is 1. The number of nitrogens with one attached hydrogen (secondary N) is 1. The number of carbonyl (C=O) groups is 1. The number of hydrogen-bond donors (Lipinski definition) is 1. The third-order valence-electron chi connectivity index (χ3n) is 3.95. The van der Waals surface area contributed by atoms with Gasteiger partial charge in [-0.1, -0.05) is 0 Å². The number of nitrogens with zero attached hydrogens (tertiary/aromatic N) is 4. The van der Waals surface area contributed by atoms with Gasteiger partial charge in [-0.15, -0.1) is 0 Å². The molecule has 0 fully saturated rings. The van der Waals surface area contributed by atoms with Gasteiger partial charge >= 0.3 is 6.01 Å². The predicted molar refractivity (Wildman–Crippen MR) is 103 cm³/mol. The molecule has 0 spiro atoms. The maximum atomic E-state index is 12.7. The first kappa shape index (κ1) is 19.2. The molecule has 0 saturated carbocycles. The van der Waals surface area contributed by atoms with E-state index in [0.29, 0.717) is 35.2 Å². The first-order valence-electron chi connectivity index (χ1n) is 8.58. The van der Waals surface area contributed by atoms with Gasteiger partial charge < -0.3 is 19.5 Å². The summed E-state index contributed by atoms with van der Waals surface area (Å²) in [5, 5.41) is 7.18. The van der Waals surface area contributed by atoms with Crippen LogP contribution >= 0.6 is 0 Å². The highest BCUT2D eigenvalue weighted by Crippen LogP contribution is 2.33. The fraction of sp³-hybridized carbons (Fsp3) is 0.263. The monoisotopic (exact) mass is 383 g/mol. The summed E-state index contributed by atoms with van der Waals surface area (Å²) in [5.74, 6) is 0.959. The van der Waals surface area contributed by atoms with Crippen LogP contribution in [0.2, 0.25) is 0 Å². The average Bonchev–Trinajstić information content (AvgIpc) is 3.10. The Kier molecular flexibility index (Phi) is 5.73. The summed E-state index contributed by atoms with van der Waals surface area (Å²) >= 11 is 0. The third-order valence-corrected chi connectivity index (χ3v) is 3.95. The smallest absolute Gasteiger partial charge is 0.316 e. The van der Waals surface area contributed by atoms with Crippen LogP contribution in [-0.4, -0.2) is 46.5 Å². The van der Waals surface area contributed by atoms with Gasteiger partial charge in [-0.3, -0.25) is 9.48 Å². The SMILES string of the molecule is CCOc1ncc(NC(=O)c2cc(-c3cc(OC)ccc3OC)nn2C)cn1. The highest BCUT2D eigenvalue weighted by atomic mass is 16.5. The fourth-order valence-corrected chi connectivity index (χ4v) is 2.61. The lowest BCUT2D eigenvalue weighted by Crippen LogP contribution is -2.16. The zero-order valence-corrected chi connectivity index (χ0v) is 16.1. The Hall–Kier alpha value is -3.62. The molecule has 0 unspecified atom stereocenters. The van der Waals surface area contributed by atoms with Crippen LogP contribution in [0.1, 0.15) is 17.4 Å². The number of hydrogen-bond acceptors (Lipinski definition) is 7. The second kappa shape index (κ2) is 8.38. The van der Waals surface area contributed by atoms with E-state index in [9.17, 15) is 4.79 Å². The first-order chi connectivity index (χ1) is 13.5. The molecule has 1 aromatic carbocycles. The quantitative estimate of drug-likeness (QED) is 0.669. The summed E-state index contributed by atoms with van der Waals surface area (Å²) < 4.78 is 17.4. The van der Waals surface area contributed by atoms with Crippen molar-refractivity contribution in [3.05, 3.63) is 42.4 Å². The van der Waals surface area contributed by atoms with E-state index in [1.54, 1.807) is 39.5 Å². The zero-order valence-electron chi connectivity index (χ0n) is 16.1. The molecular weight excluding hydrogens is 362 g/mol. The largest absolute Gasteiger partial charge is 0.497 e. The average molecular weight is 383 g/mol. The van der Waals surface area contributed by atoms with E-state index in [4.69, 9.17) is 14.2 Å². The number of carbonyl (C=O) groups excluding carboxylic acids is 1. The van der Waals surface area contributed by atoms with Crippen LogP contribution in [-0.2, 0) is 7.05 Å². The Morgan fingerprint density at radius 3 is 2.54 bits per heavy atom. The number of aryl methyl sites for hydroxylation is 1. The van der Waals surface area contributed by atoms with Crippen molar-refractivity contribution < 1.29 is 19.0 Å². The van der Waals surface area contributed by atoms with Crippen molar-refractivity contribution >= 4 is 11.6 Å². The Morgan fingerprint density at radius 1 is 1.14 bits per heavy atom. The van der Waals surface area contributed by atoms with E-state index in [1.165, 1.54) is 17.1 Å². The molecule has 2 heterocycles. The molecular formula is C19H21N5O4. The van der Waals surface area contributed by atoms with Crippen LogP contribution < -0.4 is 19.5 Å². The number of benzene rings is 1. The maximum Gasteiger partial charge on any atom is 0.316 e. The molecule has 0 aliphatic rings. The second-order valence-electron chi connectivity index (χ2n) is 5.75. The summed E-state index contributed by atoms with van der Waals surface area (Å²) in [4.78, 5) is 20.7. The van der Waals surface area contributed by atoms with Crippen LogP contribution in [0.4, 0.5) is 5.69 Å². The minimum absolute atomic E-state index is 0.258. The topological polar surface area (TPSA) is 100 Å². The van der Waals surface area contributed by atoms with E-state index >= 15 is 0 Å². The van der Waals surface area contributed by atoms with E-state index in [0.717, 1.165) is 5.56 Å². The summed E-state index contributed by atoms with van der Waals surface area (Å²) in [7, 11) is 4.86. The predicted octanol–water partition coefficient (Wildman–Crippen LogP) is 2.55. The van der Waals surface area contributed by atoms with Gasteiger partial charge in [0.15, 0.2) is 0 Å². The van der Waals surface area contributed by atoms with Crippen LogP contribution in [0.25, 0.3) is 11.3 Å². The Bertz CT molecular complexity index is 969. The molecule has 3 rings (SSSR count). The van der Waals surface area contributed by atoms with Crippen LogP contribution in [0.15, 0.2) is 36.7 Å². The van der Waals surface area contributed by atoms with Crippen LogP contribution in [0.5, 0.6) is 17.5 Å². The summed E-state index contributed by atoms with van der Waals surface area (Å²) in [6.07, 6.45) is 2.97. The number of amides is 1. The zero-order chi connectivity index (χ0) is 20.1. The van der Waals surface area contributed by atoms with Crippen molar-refractivity contribution in [3.63, 3.8) is 0 Å². The minimum atomic E-state index is -0.337. The Labute approximate surface area is 162 Å². The number of rotatable bonds is 7. The van der Waals surface area contributed by atoms with Gasteiger partial charge in [0.1, 0.15) is 17.2 Å². The van der Waals surface area contributed by atoms with Gasteiger partial charge in [0.25, 0.3) is 5.91 Å². The maximum absolute atomic E-state index is 12.7. The van der Waals surface area contributed by atoms with Crippen LogP contribution in [0.3, 0.4) is 0 Å². The Morgan fingerprint density at radius 2 is 1.89 bits per heavy atom. The van der Waals surface area contributed by atoms with Gasteiger partial charge in [0.2, 0.25) is 0 Å². The van der Waals surface area contributed by atoms with Crippen molar-refractivity contribution in [3.8, 4) is 28.8 Å². The minimum Gasteiger partial charge on any atom is -0.497 e. The van der Waals surface area contributed by atoms with Gasteiger partial charge in [0, 0.05) is 12.6 Å². The molecule has 1 N–H and O–H groups in total. The van der Waals surface area contributed by atoms with E-state index in [-0.39, 0.29) is 11.9 Å². The number of methoxy groups -OCH3 is 2. The molecule has 2 aromatic heterocycles. The molecule has 1 amide bonds. The molecule has 0 aliphatic heterocycles. The molecule has 0 saturated heterocycles. The molecule has 28 heavy (non-hydrogen) atoms. The van der Waals surface area contributed by atoms with Crippen LogP contribution in [0, 0.1) is 0 Å². The molecule has 3 aromatic rings. The summed E-state index contributed by atoms with van der Waals surface area (Å²) in [5.41, 5.74) is 2.14. The molecule has 9 nitrogen and oxygen atoms in total. The van der Waals surface area contributed by atoms with Crippen molar-refractivity contribution in [2.45, 2.75) is 6.92 Å². The molecule has 0 atom stereocenters. The molecule has 0 aliphatic carbocycles. The molecule has 0 bridgehead atoms. The summed E-state index contributed by atoms with van der Waals surface area (Å²) in [6.45, 7) is 2.31. The third kappa shape index (κ3) is 4.03. The highest BCUT2D eigenvalue weighted by Gasteiger charge is 2.18. The molecule has 9 heteroatoms. The van der Waals surface area contributed by atoms with Gasteiger partial charge in [-0.05, 0) is 31.2 Å². The highest BCUT2D eigenvalue weighted by molar-refractivity contribution is 6.03.